The van der Waals surface area contributed by atoms with Gasteiger partial charge in [-0.15, -0.1) is 0 Å². The molecular formula is C9H12FN. The van der Waals surface area contributed by atoms with E-state index in [4.69, 9.17) is 0 Å². The second-order valence-corrected chi connectivity index (χ2v) is 2.65. The molecule has 0 amide bonds. The number of aryl methyl sites for hydroxylation is 1. The number of anilines is 1. The maximum absolute atomic E-state index is 13.0. The lowest BCUT2D eigenvalue weighted by atomic mass is 10.1. The number of benzene rings is 1. The van der Waals surface area contributed by atoms with E-state index in [1.54, 1.807) is 14.0 Å². The minimum Gasteiger partial charge on any atom is -0.388 e. The van der Waals surface area contributed by atoms with Crippen molar-refractivity contribution in [3.8, 4) is 0 Å². The van der Waals surface area contributed by atoms with E-state index in [-0.39, 0.29) is 5.82 Å². The van der Waals surface area contributed by atoms with Crippen LogP contribution in [0, 0.1) is 19.7 Å². The summed E-state index contributed by atoms with van der Waals surface area (Å²) in [6.45, 7) is 3.68. The summed E-state index contributed by atoms with van der Waals surface area (Å²) in [5.74, 6) is -0.144. The molecule has 0 saturated heterocycles. The number of hydrogen-bond acceptors (Lipinski definition) is 1. The predicted octanol–water partition coefficient (Wildman–Crippen LogP) is 2.48. The lowest BCUT2D eigenvalue weighted by molar-refractivity contribution is 0.617. The molecule has 0 fully saturated rings. The van der Waals surface area contributed by atoms with Crippen molar-refractivity contribution >= 4 is 5.69 Å². The van der Waals surface area contributed by atoms with Crippen molar-refractivity contribution in [2.45, 2.75) is 13.8 Å². The van der Waals surface area contributed by atoms with Crippen molar-refractivity contribution in [2.24, 2.45) is 0 Å². The van der Waals surface area contributed by atoms with Crippen molar-refractivity contribution in [1.82, 2.24) is 0 Å². The van der Waals surface area contributed by atoms with E-state index in [1.165, 1.54) is 6.07 Å². The first-order valence-electron chi connectivity index (χ1n) is 3.59. The van der Waals surface area contributed by atoms with Gasteiger partial charge in [0.2, 0.25) is 0 Å². The van der Waals surface area contributed by atoms with Crippen molar-refractivity contribution in [3.05, 3.63) is 29.1 Å². The van der Waals surface area contributed by atoms with Gasteiger partial charge in [-0.05, 0) is 37.1 Å². The van der Waals surface area contributed by atoms with Gasteiger partial charge in [-0.3, -0.25) is 0 Å². The molecule has 0 bridgehead atoms. The summed E-state index contributed by atoms with van der Waals surface area (Å²) in [7, 11) is 1.78. The molecule has 1 aromatic rings. The number of halogens is 1. The van der Waals surface area contributed by atoms with Gasteiger partial charge in [-0.2, -0.15) is 0 Å². The molecule has 1 nitrogen and oxygen atoms in total. The minimum absolute atomic E-state index is 0.144. The van der Waals surface area contributed by atoms with Crippen LogP contribution >= 0.6 is 0 Å². The monoisotopic (exact) mass is 153 g/mol. The Balaban J connectivity index is 3.21. The van der Waals surface area contributed by atoms with Gasteiger partial charge in [-0.1, -0.05) is 0 Å². The average Bonchev–Trinajstić information content (AvgIpc) is 1.99. The average molecular weight is 153 g/mol. The molecule has 1 N–H and O–H groups in total. The number of hydrogen-bond donors (Lipinski definition) is 1. The first kappa shape index (κ1) is 8.05. The van der Waals surface area contributed by atoms with Crippen molar-refractivity contribution in [1.29, 1.82) is 0 Å². The van der Waals surface area contributed by atoms with Gasteiger partial charge in [-0.25, -0.2) is 4.39 Å². The standard InChI is InChI=1S/C9H12FN/c1-6-4-8(11-3)5-9(10)7(6)2/h4-5,11H,1-3H3. The van der Waals surface area contributed by atoms with Crippen LogP contribution in [0.15, 0.2) is 12.1 Å². The van der Waals surface area contributed by atoms with Crippen LogP contribution < -0.4 is 5.32 Å². The van der Waals surface area contributed by atoms with Crippen molar-refractivity contribution in [2.75, 3.05) is 12.4 Å². The highest BCUT2D eigenvalue weighted by Gasteiger charge is 2.01. The van der Waals surface area contributed by atoms with Crippen LogP contribution in [-0.2, 0) is 0 Å². The Morgan fingerprint density at radius 1 is 1.27 bits per heavy atom. The van der Waals surface area contributed by atoms with Crippen molar-refractivity contribution in [3.63, 3.8) is 0 Å². The molecule has 0 heterocycles. The van der Waals surface area contributed by atoms with Crippen LogP contribution in [0.25, 0.3) is 0 Å². The largest absolute Gasteiger partial charge is 0.388 e. The number of nitrogens with one attached hydrogen (secondary N) is 1. The normalized spacial score (nSPS) is 9.82. The summed E-state index contributed by atoms with van der Waals surface area (Å²) in [4.78, 5) is 0. The van der Waals surface area contributed by atoms with E-state index in [9.17, 15) is 4.39 Å². The molecule has 1 aromatic carbocycles. The summed E-state index contributed by atoms with van der Waals surface area (Å²) in [6.07, 6.45) is 0. The quantitative estimate of drug-likeness (QED) is 0.653. The molecule has 1 rings (SSSR count). The molecule has 0 spiro atoms. The van der Waals surface area contributed by atoms with Crippen LogP contribution in [0.2, 0.25) is 0 Å². The van der Waals surface area contributed by atoms with Gasteiger partial charge in [0.05, 0.1) is 0 Å². The fourth-order valence-electron chi connectivity index (χ4n) is 0.961. The summed E-state index contributed by atoms with van der Waals surface area (Å²) in [5.41, 5.74) is 2.53. The Morgan fingerprint density at radius 3 is 2.36 bits per heavy atom. The van der Waals surface area contributed by atoms with Gasteiger partial charge in [0.1, 0.15) is 5.82 Å². The zero-order valence-corrected chi connectivity index (χ0v) is 7.03. The molecule has 60 valence electrons. The Labute approximate surface area is 66.2 Å². The van der Waals surface area contributed by atoms with E-state index >= 15 is 0 Å². The van der Waals surface area contributed by atoms with Crippen LogP contribution in [0.4, 0.5) is 10.1 Å². The summed E-state index contributed by atoms with van der Waals surface area (Å²) < 4.78 is 13.0. The molecule has 0 unspecified atom stereocenters. The molecule has 0 aromatic heterocycles. The van der Waals surface area contributed by atoms with E-state index < -0.39 is 0 Å². The first-order chi connectivity index (χ1) is 5.15. The highest BCUT2D eigenvalue weighted by atomic mass is 19.1. The highest BCUT2D eigenvalue weighted by molar-refractivity contribution is 5.48. The molecule has 2 heteroatoms. The Kier molecular flexibility index (Phi) is 2.13. The third kappa shape index (κ3) is 1.50. The fraction of sp³-hybridized carbons (Fsp3) is 0.333. The van der Waals surface area contributed by atoms with Gasteiger partial charge in [0.25, 0.3) is 0 Å². The molecule has 0 radical (unpaired) electrons. The SMILES string of the molecule is CNc1cc(C)c(C)c(F)c1. The van der Waals surface area contributed by atoms with E-state index in [1.807, 2.05) is 13.0 Å². The highest BCUT2D eigenvalue weighted by Crippen LogP contribution is 2.17. The molecule has 0 aliphatic carbocycles. The Morgan fingerprint density at radius 2 is 1.91 bits per heavy atom. The maximum atomic E-state index is 13.0. The van der Waals surface area contributed by atoms with Crippen LogP contribution in [0.1, 0.15) is 11.1 Å². The van der Waals surface area contributed by atoms with Gasteiger partial charge >= 0.3 is 0 Å². The van der Waals surface area contributed by atoms with Gasteiger partial charge in [0.15, 0.2) is 0 Å². The summed E-state index contributed by atoms with van der Waals surface area (Å²) >= 11 is 0. The minimum atomic E-state index is -0.144. The topological polar surface area (TPSA) is 12.0 Å². The maximum Gasteiger partial charge on any atom is 0.128 e. The molecule has 0 saturated carbocycles. The summed E-state index contributed by atoms with van der Waals surface area (Å²) in [6, 6.07) is 3.43. The molecule has 0 aliphatic heterocycles. The number of rotatable bonds is 1. The van der Waals surface area contributed by atoms with Crippen LogP contribution in [0.3, 0.4) is 0 Å². The predicted molar refractivity (Wildman–Crippen MR) is 45.4 cm³/mol. The molecule has 0 aliphatic rings. The second-order valence-electron chi connectivity index (χ2n) is 2.65. The molecular weight excluding hydrogens is 141 g/mol. The third-order valence-electron chi connectivity index (χ3n) is 1.89. The van der Waals surface area contributed by atoms with Gasteiger partial charge in [0, 0.05) is 12.7 Å². The third-order valence-corrected chi connectivity index (χ3v) is 1.89. The zero-order valence-electron chi connectivity index (χ0n) is 7.03. The van der Waals surface area contributed by atoms with Gasteiger partial charge < -0.3 is 5.32 Å². The zero-order chi connectivity index (χ0) is 8.43. The smallest absolute Gasteiger partial charge is 0.128 e. The second kappa shape index (κ2) is 2.91. The lowest BCUT2D eigenvalue weighted by Crippen LogP contribution is -1.93. The van der Waals surface area contributed by atoms with Crippen molar-refractivity contribution < 1.29 is 4.39 Å². The van der Waals surface area contributed by atoms with Crippen LogP contribution in [0.5, 0.6) is 0 Å². The Bertz CT molecular complexity index is 245. The van der Waals surface area contributed by atoms with Crippen LogP contribution in [-0.4, -0.2) is 7.05 Å². The van der Waals surface area contributed by atoms with E-state index in [0.717, 1.165) is 16.8 Å². The van der Waals surface area contributed by atoms with E-state index in [2.05, 4.69) is 5.32 Å². The first-order valence-corrected chi connectivity index (χ1v) is 3.59. The Hall–Kier alpha value is -1.05. The molecule has 11 heavy (non-hydrogen) atoms. The molecule has 0 atom stereocenters. The fourth-order valence-corrected chi connectivity index (χ4v) is 0.961. The summed E-state index contributed by atoms with van der Waals surface area (Å²) in [5, 5.41) is 2.90. The lowest BCUT2D eigenvalue weighted by Gasteiger charge is -2.05. The van der Waals surface area contributed by atoms with E-state index in [0.29, 0.717) is 0 Å².